The summed E-state index contributed by atoms with van der Waals surface area (Å²) in [6, 6.07) is 8.48. The molecule has 2 heterocycles. The van der Waals surface area contributed by atoms with Gasteiger partial charge in [-0.15, -0.1) is 0 Å². The molecule has 156 valence electrons. The molecule has 8 heteroatoms. The predicted octanol–water partition coefficient (Wildman–Crippen LogP) is 2.22. The molecular weight excluding hydrogens is 386 g/mol. The van der Waals surface area contributed by atoms with E-state index < -0.39 is 0 Å². The van der Waals surface area contributed by atoms with Gasteiger partial charge in [-0.05, 0) is 25.0 Å². The molecule has 1 N–H and O–H groups in total. The molecule has 0 atom stereocenters. The van der Waals surface area contributed by atoms with E-state index in [1.165, 1.54) is 27.4 Å². The molecule has 0 aliphatic carbocycles. The van der Waals surface area contributed by atoms with Crippen molar-refractivity contribution in [1.29, 1.82) is 0 Å². The number of hydrogen-bond donors (Lipinski definition) is 1. The van der Waals surface area contributed by atoms with Gasteiger partial charge in [0.15, 0.2) is 5.13 Å². The summed E-state index contributed by atoms with van der Waals surface area (Å²) in [5.41, 5.74) is 3.33. The van der Waals surface area contributed by atoms with Gasteiger partial charge in [-0.25, -0.2) is 4.98 Å². The van der Waals surface area contributed by atoms with E-state index >= 15 is 0 Å². The lowest BCUT2D eigenvalue weighted by Gasteiger charge is -2.34. The molecule has 1 fully saturated rings. The van der Waals surface area contributed by atoms with E-state index in [2.05, 4.69) is 51.3 Å². The zero-order valence-electron chi connectivity index (χ0n) is 17.6. The van der Waals surface area contributed by atoms with Gasteiger partial charge in [0.05, 0.1) is 12.2 Å². The molecule has 2 amide bonds. The van der Waals surface area contributed by atoms with Gasteiger partial charge in [0.2, 0.25) is 5.91 Å². The summed E-state index contributed by atoms with van der Waals surface area (Å²) in [4.78, 5) is 35.6. The Morgan fingerprint density at radius 2 is 1.76 bits per heavy atom. The first-order chi connectivity index (χ1) is 13.8. The first-order valence-electron chi connectivity index (χ1n) is 9.81. The van der Waals surface area contributed by atoms with Gasteiger partial charge in [-0.3, -0.25) is 19.4 Å². The van der Waals surface area contributed by atoms with Crippen LogP contribution in [0.25, 0.3) is 0 Å². The average molecular weight is 416 g/mol. The average Bonchev–Trinajstić information content (AvgIpc) is 3.04. The summed E-state index contributed by atoms with van der Waals surface area (Å²) < 4.78 is 0. The summed E-state index contributed by atoms with van der Waals surface area (Å²) in [5, 5.41) is 3.33. The molecule has 7 nitrogen and oxygen atoms in total. The molecule has 1 saturated heterocycles. The number of anilines is 1. The molecule has 0 bridgehead atoms. The molecule has 0 spiro atoms. The highest BCUT2D eigenvalue weighted by atomic mass is 32.1. The van der Waals surface area contributed by atoms with Crippen molar-refractivity contribution < 1.29 is 9.59 Å². The van der Waals surface area contributed by atoms with Gasteiger partial charge < -0.3 is 10.2 Å². The molecular formula is C21H29N5O2S. The Hall–Kier alpha value is -2.29. The number of carbonyl (C=O) groups is 2. The molecule has 3 rings (SSSR count). The van der Waals surface area contributed by atoms with E-state index in [4.69, 9.17) is 0 Å². The summed E-state index contributed by atoms with van der Waals surface area (Å²) in [6.07, 6.45) is 0. The SMILES string of the molecule is Cc1ccccc1CN1CCN(CC(=O)Nc2nc(C)c(C(=O)N(C)C)s2)CC1. The number of amides is 2. The molecule has 0 saturated carbocycles. The topological polar surface area (TPSA) is 68.8 Å². The van der Waals surface area contributed by atoms with Crippen molar-refractivity contribution >= 4 is 28.3 Å². The van der Waals surface area contributed by atoms with Crippen LogP contribution in [-0.2, 0) is 11.3 Å². The van der Waals surface area contributed by atoms with Gasteiger partial charge in [0.1, 0.15) is 4.88 Å². The van der Waals surface area contributed by atoms with Crippen LogP contribution in [0.4, 0.5) is 5.13 Å². The number of hydrogen-bond acceptors (Lipinski definition) is 6. The maximum absolute atomic E-state index is 12.4. The lowest BCUT2D eigenvalue weighted by atomic mass is 10.1. The fourth-order valence-corrected chi connectivity index (χ4v) is 4.35. The molecule has 1 aliphatic heterocycles. The lowest BCUT2D eigenvalue weighted by molar-refractivity contribution is -0.117. The highest BCUT2D eigenvalue weighted by molar-refractivity contribution is 7.17. The Balaban J connectivity index is 1.47. The minimum atomic E-state index is -0.0923. The van der Waals surface area contributed by atoms with Crippen LogP contribution in [0.5, 0.6) is 0 Å². The Kier molecular flexibility index (Phi) is 7.00. The van der Waals surface area contributed by atoms with E-state index in [1.54, 1.807) is 21.0 Å². The largest absolute Gasteiger partial charge is 0.344 e. The number of piperazine rings is 1. The number of benzene rings is 1. The monoisotopic (exact) mass is 415 g/mol. The van der Waals surface area contributed by atoms with Crippen LogP contribution in [0.15, 0.2) is 24.3 Å². The Labute approximate surface area is 176 Å². The van der Waals surface area contributed by atoms with E-state index in [-0.39, 0.29) is 11.8 Å². The number of rotatable bonds is 6. The molecule has 29 heavy (non-hydrogen) atoms. The summed E-state index contributed by atoms with van der Waals surface area (Å²) in [6.45, 7) is 8.84. The fourth-order valence-electron chi connectivity index (χ4n) is 3.35. The highest BCUT2D eigenvalue weighted by Gasteiger charge is 2.21. The van der Waals surface area contributed by atoms with Crippen LogP contribution in [0.2, 0.25) is 0 Å². The maximum Gasteiger partial charge on any atom is 0.265 e. The minimum Gasteiger partial charge on any atom is -0.344 e. The third-order valence-corrected chi connectivity index (χ3v) is 6.19. The zero-order valence-corrected chi connectivity index (χ0v) is 18.4. The standard InChI is InChI=1S/C21H29N5O2S/c1-15-7-5-6-8-17(15)13-25-9-11-26(12-10-25)14-18(27)23-21-22-16(2)19(29-21)20(28)24(3)4/h5-8H,9-14H2,1-4H3,(H,22,23,27). The third-order valence-electron chi connectivity index (χ3n) is 5.13. The second kappa shape index (κ2) is 9.47. The third kappa shape index (κ3) is 5.62. The molecule has 0 unspecified atom stereocenters. The highest BCUT2D eigenvalue weighted by Crippen LogP contribution is 2.23. The maximum atomic E-state index is 12.4. The van der Waals surface area contributed by atoms with Crippen molar-refractivity contribution in [2.45, 2.75) is 20.4 Å². The molecule has 0 radical (unpaired) electrons. The van der Waals surface area contributed by atoms with E-state index in [0.717, 1.165) is 32.7 Å². The van der Waals surface area contributed by atoms with Gasteiger partial charge in [-0.1, -0.05) is 35.6 Å². The second-order valence-corrected chi connectivity index (χ2v) is 8.66. The molecule has 1 aliphatic rings. The van der Waals surface area contributed by atoms with Crippen molar-refractivity contribution in [3.05, 3.63) is 46.0 Å². The number of nitrogens with one attached hydrogen (secondary N) is 1. The van der Waals surface area contributed by atoms with Crippen LogP contribution < -0.4 is 5.32 Å². The van der Waals surface area contributed by atoms with Gasteiger partial charge >= 0.3 is 0 Å². The number of thiazole rings is 1. The van der Waals surface area contributed by atoms with Crippen molar-refractivity contribution in [3.8, 4) is 0 Å². The van der Waals surface area contributed by atoms with Crippen molar-refractivity contribution in [3.63, 3.8) is 0 Å². The van der Waals surface area contributed by atoms with Crippen LogP contribution >= 0.6 is 11.3 Å². The molecule has 1 aromatic carbocycles. The second-order valence-electron chi connectivity index (χ2n) is 7.66. The van der Waals surface area contributed by atoms with Crippen LogP contribution in [0.1, 0.15) is 26.5 Å². The Bertz CT molecular complexity index is 872. The Morgan fingerprint density at radius 1 is 1.10 bits per heavy atom. The van der Waals surface area contributed by atoms with Crippen molar-refractivity contribution in [1.82, 2.24) is 19.7 Å². The van der Waals surface area contributed by atoms with Gasteiger partial charge in [0.25, 0.3) is 5.91 Å². The van der Waals surface area contributed by atoms with E-state index in [9.17, 15) is 9.59 Å². The van der Waals surface area contributed by atoms with Crippen LogP contribution in [0.3, 0.4) is 0 Å². The number of aromatic nitrogens is 1. The van der Waals surface area contributed by atoms with Crippen LogP contribution in [0, 0.1) is 13.8 Å². The zero-order chi connectivity index (χ0) is 21.0. The summed E-state index contributed by atoms with van der Waals surface area (Å²) in [7, 11) is 3.41. The summed E-state index contributed by atoms with van der Waals surface area (Å²) in [5.74, 6) is -0.180. The predicted molar refractivity (Wildman–Crippen MR) is 116 cm³/mol. The fraction of sp³-hybridized carbons (Fsp3) is 0.476. The number of nitrogens with zero attached hydrogens (tertiary/aromatic N) is 4. The first kappa shape index (κ1) is 21.4. The number of aryl methyl sites for hydroxylation is 2. The van der Waals surface area contributed by atoms with Crippen molar-refractivity contribution in [2.75, 3.05) is 52.1 Å². The lowest BCUT2D eigenvalue weighted by Crippen LogP contribution is -2.48. The molecule has 2 aromatic rings. The van der Waals surface area contributed by atoms with Crippen LogP contribution in [-0.4, -0.2) is 78.3 Å². The van der Waals surface area contributed by atoms with Gasteiger partial charge in [-0.2, -0.15) is 0 Å². The first-order valence-corrected chi connectivity index (χ1v) is 10.6. The molecule has 1 aromatic heterocycles. The smallest absolute Gasteiger partial charge is 0.265 e. The van der Waals surface area contributed by atoms with E-state index in [0.29, 0.717) is 22.2 Å². The quantitative estimate of drug-likeness (QED) is 0.784. The van der Waals surface area contributed by atoms with E-state index in [1.807, 2.05) is 0 Å². The minimum absolute atomic E-state index is 0.0880. The summed E-state index contributed by atoms with van der Waals surface area (Å²) >= 11 is 1.23. The van der Waals surface area contributed by atoms with Gasteiger partial charge in [0, 0.05) is 46.8 Å². The number of carbonyl (C=O) groups excluding carboxylic acids is 2. The normalized spacial score (nSPS) is 15.3. The van der Waals surface area contributed by atoms with Crippen molar-refractivity contribution in [2.24, 2.45) is 0 Å². The Morgan fingerprint density at radius 3 is 2.41 bits per heavy atom.